The third kappa shape index (κ3) is 4.10. The quantitative estimate of drug-likeness (QED) is 0.547. The van der Waals surface area contributed by atoms with E-state index in [1.807, 2.05) is 4.90 Å². The zero-order valence-electron chi connectivity index (χ0n) is 15.6. The van der Waals surface area contributed by atoms with E-state index in [-0.39, 0.29) is 11.6 Å². The maximum atomic E-state index is 9.87. The SMILES string of the molecule is Cn1nnnc1CNc1nc(NC(C)(C)C)[nH+]c(N2CCC(O)C2)c1N. The topological polar surface area (TPSA) is 144 Å². The first-order chi connectivity index (χ1) is 12.2. The largest absolute Gasteiger partial charge is 0.390 e. The van der Waals surface area contributed by atoms with Crippen LogP contribution >= 0.6 is 0 Å². The van der Waals surface area contributed by atoms with Crippen LogP contribution in [0.4, 0.5) is 23.3 Å². The van der Waals surface area contributed by atoms with Gasteiger partial charge in [-0.25, -0.2) is 9.67 Å². The highest BCUT2D eigenvalue weighted by Gasteiger charge is 2.30. The van der Waals surface area contributed by atoms with Crippen molar-refractivity contribution in [3.05, 3.63) is 5.82 Å². The molecule has 2 aromatic heterocycles. The summed E-state index contributed by atoms with van der Waals surface area (Å²) in [5.74, 6) is 2.54. The molecule has 1 aliphatic heterocycles. The highest BCUT2D eigenvalue weighted by molar-refractivity contribution is 5.74. The van der Waals surface area contributed by atoms with Crippen molar-refractivity contribution in [1.82, 2.24) is 25.2 Å². The normalized spacial score (nSPS) is 17.6. The summed E-state index contributed by atoms with van der Waals surface area (Å²) in [5, 5.41) is 27.8. The number of hydrogen-bond donors (Lipinski definition) is 4. The number of rotatable bonds is 5. The smallest absolute Gasteiger partial charge is 0.347 e. The predicted octanol–water partition coefficient (Wildman–Crippen LogP) is -0.605. The predicted molar refractivity (Wildman–Crippen MR) is 97.5 cm³/mol. The molecule has 142 valence electrons. The van der Waals surface area contributed by atoms with E-state index in [1.165, 1.54) is 0 Å². The Bertz CT molecular complexity index is 768. The minimum Gasteiger partial charge on any atom is -0.390 e. The molecule has 1 atom stereocenters. The maximum Gasteiger partial charge on any atom is 0.347 e. The van der Waals surface area contributed by atoms with E-state index in [0.29, 0.717) is 42.8 Å². The van der Waals surface area contributed by atoms with Crippen LogP contribution in [0.2, 0.25) is 0 Å². The third-order valence-corrected chi connectivity index (χ3v) is 4.07. The minimum atomic E-state index is -0.351. The number of nitrogens with one attached hydrogen (secondary N) is 3. The maximum absolute atomic E-state index is 9.87. The molecule has 3 rings (SSSR count). The molecule has 11 nitrogen and oxygen atoms in total. The fraction of sp³-hybridized carbons (Fsp3) is 0.667. The van der Waals surface area contributed by atoms with E-state index in [0.717, 1.165) is 12.4 Å². The van der Waals surface area contributed by atoms with Crippen LogP contribution in [0, 0.1) is 0 Å². The van der Waals surface area contributed by atoms with Gasteiger partial charge in [-0.2, -0.15) is 0 Å². The number of H-pyrrole nitrogens is 1. The van der Waals surface area contributed by atoms with Gasteiger partial charge in [0.1, 0.15) is 0 Å². The second-order valence-electron chi connectivity index (χ2n) is 7.53. The number of aromatic amines is 1. The lowest BCUT2D eigenvalue weighted by atomic mass is 10.1. The number of nitrogens with two attached hydrogens (primary N) is 1. The Morgan fingerprint density at radius 2 is 2.15 bits per heavy atom. The van der Waals surface area contributed by atoms with Gasteiger partial charge in [-0.15, -0.1) is 5.10 Å². The highest BCUT2D eigenvalue weighted by atomic mass is 16.3. The van der Waals surface area contributed by atoms with Crippen molar-refractivity contribution in [2.75, 3.05) is 34.4 Å². The summed E-state index contributed by atoms with van der Waals surface area (Å²) in [7, 11) is 1.77. The van der Waals surface area contributed by atoms with Crippen LogP contribution in [0.25, 0.3) is 0 Å². The van der Waals surface area contributed by atoms with Gasteiger partial charge in [0.25, 0.3) is 0 Å². The second kappa shape index (κ2) is 6.90. The first kappa shape index (κ1) is 18.1. The molecule has 1 saturated heterocycles. The summed E-state index contributed by atoms with van der Waals surface area (Å²) in [6.45, 7) is 7.81. The van der Waals surface area contributed by atoms with Gasteiger partial charge in [-0.05, 0) is 31.2 Å². The third-order valence-electron chi connectivity index (χ3n) is 4.07. The number of nitrogens with zero attached hydrogens (tertiary/aromatic N) is 6. The Labute approximate surface area is 152 Å². The van der Waals surface area contributed by atoms with Crippen LogP contribution in [-0.2, 0) is 13.6 Å². The molecule has 0 aliphatic carbocycles. The molecule has 0 aromatic carbocycles. The molecule has 0 radical (unpaired) electrons. The lowest BCUT2D eigenvalue weighted by Crippen LogP contribution is -2.36. The summed E-state index contributed by atoms with van der Waals surface area (Å²) in [6, 6.07) is 0. The summed E-state index contributed by atoms with van der Waals surface area (Å²) < 4.78 is 1.59. The Kier molecular flexibility index (Phi) is 4.81. The highest BCUT2D eigenvalue weighted by Crippen LogP contribution is 2.29. The molecule has 1 fully saturated rings. The van der Waals surface area contributed by atoms with Gasteiger partial charge in [0.15, 0.2) is 11.5 Å². The van der Waals surface area contributed by atoms with Crippen molar-refractivity contribution in [2.45, 2.75) is 45.4 Å². The molecular weight excluding hydrogens is 336 g/mol. The fourth-order valence-electron chi connectivity index (χ4n) is 2.80. The average Bonchev–Trinajstić information content (AvgIpc) is 3.14. The molecular formula is C15H27N10O+. The molecule has 0 saturated carbocycles. The van der Waals surface area contributed by atoms with Crippen LogP contribution in [0.15, 0.2) is 0 Å². The van der Waals surface area contributed by atoms with Gasteiger partial charge >= 0.3 is 5.95 Å². The first-order valence-electron chi connectivity index (χ1n) is 8.62. The fourth-order valence-corrected chi connectivity index (χ4v) is 2.80. The molecule has 3 heterocycles. The summed E-state index contributed by atoms with van der Waals surface area (Å²) in [4.78, 5) is 9.86. The van der Waals surface area contributed by atoms with Gasteiger partial charge in [0, 0.05) is 13.5 Å². The first-order valence-corrected chi connectivity index (χ1v) is 8.62. The van der Waals surface area contributed by atoms with Crippen molar-refractivity contribution < 1.29 is 10.1 Å². The molecule has 6 N–H and O–H groups in total. The molecule has 26 heavy (non-hydrogen) atoms. The van der Waals surface area contributed by atoms with Crippen molar-refractivity contribution in [3.63, 3.8) is 0 Å². The lowest BCUT2D eigenvalue weighted by molar-refractivity contribution is -0.350. The summed E-state index contributed by atoms with van der Waals surface area (Å²) >= 11 is 0. The number of aryl methyl sites for hydroxylation is 1. The van der Waals surface area contributed by atoms with Crippen LogP contribution < -0.4 is 26.3 Å². The van der Waals surface area contributed by atoms with Crippen LogP contribution in [0.3, 0.4) is 0 Å². The zero-order chi connectivity index (χ0) is 18.9. The second-order valence-corrected chi connectivity index (χ2v) is 7.53. The van der Waals surface area contributed by atoms with Crippen LogP contribution in [-0.4, -0.2) is 55.0 Å². The minimum absolute atomic E-state index is 0.174. The van der Waals surface area contributed by atoms with Gasteiger partial charge in [-0.3, -0.25) is 5.32 Å². The van der Waals surface area contributed by atoms with E-state index in [1.54, 1.807) is 11.7 Å². The molecule has 0 amide bonds. The number of anilines is 4. The number of aliphatic hydroxyl groups excluding tert-OH is 1. The van der Waals surface area contributed by atoms with Gasteiger partial charge < -0.3 is 21.1 Å². The van der Waals surface area contributed by atoms with Gasteiger partial charge in [-0.1, -0.05) is 4.98 Å². The monoisotopic (exact) mass is 363 g/mol. The number of β-amino-alcohol motifs (C(OH)–C–C–N with tert-alkyl or cyclic N) is 1. The van der Waals surface area contributed by atoms with Crippen molar-refractivity contribution in [1.29, 1.82) is 0 Å². The number of hydrogen-bond acceptors (Lipinski definition) is 9. The standard InChI is InChI=1S/C15H26N10O/c1-15(2,3)20-14-18-12(17-7-10-21-22-23-24(10)4)11(16)13(19-14)25-6-5-9(26)8-25/h9,26H,5-8,16H2,1-4H3,(H2,17,18,19,20)/p+1. The Morgan fingerprint density at radius 3 is 2.73 bits per heavy atom. The van der Waals surface area contributed by atoms with E-state index in [4.69, 9.17) is 5.73 Å². The van der Waals surface area contributed by atoms with Crippen LogP contribution in [0.1, 0.15) is 33.0 Å². The molecule has 1 unspecified atom stereocenters. The zero-order valence-corrected chi connectivity index (χ0v) is 15.6. The van der Waals surface area contributed by atoms with E-state index in [2.05, 4.69) is 56.9 Å². The molecule has 0 spiro atoms. The number of aromatic nitrogens is 6. The Morgan fingerprint density at radius 1 is 1.38 bits per heavy atom. The molecule has 11 heteroatoms. The summed E-state index contributed by atoms with van der Waals surface area (Å²) in [5.41, 5.74) is 6.67. The van der Waals surface area contributed by atoms with E-state index >= 15 is 0 Å². The van der Waals surface area contributed by atoms with Crippen molar-refractivity contribution in [3.8, 4) is 0 Å². The Hall–Kier alpha value is -2.69. The van der Waals surface area contributed by atoms with Crippen molar-refractivity contribution in [2.24, 2.45) is 7.05 Å². The summed E-state index contributed by atoms with van der Waals surface area (Å²) in [6.07, 6.45) is 0.362. The van der Waals surface area contributed by atoms with Crippen LogP contribution in [0.5, 0.6) is 0 Å². The van der Waals surface area contributed by atoms with E-state index < -0.39 is 0 Å². The molecule has 1 aliphatic rings. The van der Waals surface area contributed by atoms with Crippen molar-refractivity contribution >= 4 is 23.3 Å². The Balaban J connectivity index is 1.90. The number of tetrazole rings is 1. The van der Waals surface area contributed by atoms with Gasteiger partial charge in [0.05, 0.1) is 31.3 Å². The van der Waals surface area contributed by atoms with Gasteiger partial charge in [0.2, 0.25) is 11.6 Å². The molecule has 2 aromatic rings. The lowest BCUT2D eigenvalue weighted by Gasteiger charge is -2.20. The average molecular weight is 363 g/mol. The molecule has 0 bridgehead atoms. The number of nitrogen functional groups attached to an aromatic ring is 1. The number of aliphatic hydroxyl groups is 1. The van der Waals surface area contributed by atoms with E-state index in [9.17, 15) is 5.11 Å².